The molecule has 2 heterocycles. The zero-order chi connectivity index (χ0) is 21.1. The van der Waals surface area contributed by atoms with Crippen molar-refractivity contribution in [1.29, 1.82) is 0 Å². The first-order valence-corrected chi connectivity index (χ1v) is 9.76. The van der Waals surface area contributed by atoms with Crippen LogP contribution >= 0.6 is 0 Å². The van der Waals surface area contributed by atoms with E-state index >= 15 is 0 Å². The van der Waals surface area contributed by atoms with Crippen LogP contribution in [0.15, 0.2) is 42.6 Å². The highest BCUT2D eigenvalue weighted by atomic mass is 16.5. The van der Waals surface area contributed by atoms with Crippen LogP contribution in [0.2, 0.25) is 0 Å². The molecule has 0 radical (unpaired) electrons. The van der Waals surface area contributed by atoms with E-state index in [1.165, 1.54) is 13.3 Å². The van der Waals surface area contributed by atoms with Crippen LogP contribution in [-0.2, 0) is 6.42 Å². The summed E-state index contributed by atoms with van der Waals surface area (Å²) in [6, 6.07) is 10.5. The van der Waals surface area contributed by atoms with Crippen LogP contribution in [0, 0.1) is 0 Å². The second kappa shape index (κ2) is 8.32. The summed E-state index contributed by atoms with van der Waals surface area (Å²) in [5.74, 6) is 0.522. The lowest BCUT2D eigenvalue weighted by Gasteiger charge is -2.09. The van der Waals surface area contributed by atoms with E-state index in [9.17, 15) is 9.59 Å². The van der Waals surface area contributed by atoms with E-state index in [2.05, 4.69) is 25.9 Å². The number of nitrogens with zero attached hydrogens (tertiary/aromatic N) is 4. The minimum Gasteiger partial charge on any atom is -0.480 e. The van der Waals surface area contributed by atoms with Gasteiger partial charge in [-0.15, -0.1) is 10.2 Å². The summed E-state index contributed by atoms with van der Waals surface area (Å²) < 4.78 is 6.61. The number of aromatic nitrogens is 4. The Balaban J connectivity index is 1.49. The van der Waals surface area contributed by atoms with Gasteiger partial charge in [-0.3, -0.25) is 9.59 Å². The van der Waals surface area contributed by atoms with Crippen LogP contribution < -0.4 is 15.4 Å². The van der Waals surface area contributed by atoms with Gasteiger partial charge in [-0.05, 0) is 49.6 Å². The molecule has 0 spiro atoms. The van der Waals surface area contributed by atoms with E-state index in [1.807, 2.05) is 6.92 Å². The Bertz CT molecular complexity index is 1060. The molecule has 9 nitrogen and oxygen atoms in total. The number of carbonyl (C=O) groups is 2. The highest BCUT2D eigenvalue weighted by Gasteiger charge is 2.24. The number of ether oxygens (including phenoxy) is 1. The Hall–Kier alpha value is -3.75. The Morgan fingerprint density at radius 1 is 1.10 bits per heavy atom. The molecule has 0 atom stereocenters. The first kappa shape index (κ1) is 19.6. The lowest BCUT2D eigenvalue weighted by atomic mass is 10.1. The van der Waals surface area contributed by atoms with Gasteiger partial charge < -0.3 is 15.4 Å². The summed E-state index contributed by atoms with van der Waals surface area (Å²) in [5, 5.41) is 18.1. The molecule has 2 amide bonds. The molecule has 1 fully saturated rings. The number of rotatable bonds is 7. The molecule has 154 valence electrons. The molecule has 4 rings (SSSR count). The lowest BCUT2D eigenvalue weighted by Crippen LogP contribution is -2.25. The molecule has 1 aliphatic carbocycles. The number of anilines is 1. The number of amides is 2. The lowest BCUT2D eigenvalue weighted by molar-refractivity contribution is 0.0950. The fourth-order valence-corrected chi connectivity index (χ4v) is 3.04. The van der Waals surface area contributed by atoms with E-state index < -0.39 is 0 Å². The van der Waals surface area contributed by atoms with Gasteiger partial charge in [-0.25, -0.2) is 4.68 Å². The van der Waals surface area contributed by atoms with Crippen molar-refractivity contribution in [3.63, 3.8) is 0 Å². The second-order valence-electron chi connectivity index (χ2n) is 6.98. The fraction of sp³-hybridized carbons (Fsp3) is 0.286. The summed E-state index contributed by atoms with van der Waals surface area (Å²) in [4.78, 5) is 24.9. The summed E-state index contributed by atoms with van der Waals surface area (Å²) in [5.41, 5.74) is 2.33. The standard InChI is InChI=1S/C21H22N6O3/c1-3-17-16(12-22-27(17)18-10-11-19(30-2)26-25-18)21(29)24-14-6-4-13(5-7-14)20(28)23-15-8-9-15/h4-7,10-12,15H,3,8-9H2,1-2H3,(H,23,28)(H,24,29). The smallest absolute Gasteiger partial charge is 0.259 e. The normalized spacial score (nSPS) is 13.0. The Labute approximate surface area is 173 Å². The van der Waals surface area contributed by atoms with Crippen molar-refractivity contribution in [3.05, 3.63) is 59.4 Å². The molecule has 2 N–H and O–H groups in total. The third-order valence-corrected chi connectivity index (χ3v) is 4.82. The van der Waals surface area contributed by atoms with Crippen molar-refractivity contribution in [2.45, 2.75) is 32.2 Å². The summed E-state index contributed by atoms with van der Waals surface area (Å²) in [6.45, 7) is 1.94. The van der Waals surface area contributed by atoms with Gasteiger partial charge >= 0.3 is 0 Å². The average molecular weight is 406 g/mol. The van der Waals surface area contributed by atoms with Crippen LogP contribution in [0.5, 0.6) is 5.88 Å². The number of nitrogens with one attached hydrogen (secondary N) is 2. The van der Waals surface area contributed by atoms with Crippen LogP contribution in [0.1, 0.15) is 46.2 Å². The topological polar surface area (TPSA) is 111 Å². The quantitative estimate of drug-likeness (QED) is 0.623. The van der Waals surface area contributed by atoms with Crippen molar-refractivity contribution in [3.8, 4) is 11.7 Å². The minimum absolute atomic E-state index is 0.0921. The average Bonchev–Trinajstić information content (AvgIpc) is 3.48. The number of hydrogen-bond acceptors (Lipinski definition) is 6. The molecule has 0 unspecified atom stereocenters. The molecule has 30 heavy (non-hydrogen) atoms. The summed E-state index contributed by atoms with van der Waals surface area (Å²) >= 11 is 0. The molecule has 2 aromatic heterocycles. The maximum atomic E-state index is 12.8. The zero-order valence-corrected chi connectivity index (χ0v) is 16.8. The van der Waals surface area contributed by atoms with Gasteiger partial charge in [0.1, 0.15) is 0 Å². The van der Waals surface area contributed by atoms with Crippen molar-refractivity contribution in [2.75, 3.05) is 12.4 Å². The van der Waals surface area contributed by atoms with Crippen molar-refractivity contribution >= 4 is 17.5 Å². The van der Waals surface area contributed by atoms with E-state index in [0.29, 0.717) is 46.7 Å². The summed E-state index contributed by atoms with van der Waals surface area (Å²) in [7, 11) is 1.52. The van der Waals surface area contributed by atoms with Gasteiger partial charge in [0.05, 0.1) is 24.6 Å². The van der Waals surface area contributed by atoms with Crippen molar-refractivity contribution < 1.29 is 14.3 Å². The monoisotopic (exact) mass is 406 g/mol. The molecule has 9 heteroatoms. The van der Waals surface area contributed by atoms with Crippen molar-refractivity contribution in [2.24, 2.45) is 0 Å². The number of hydrogen-bond donors (Lipinski definition) is 2. The molecular weight excluding hydrogens is 384 g/mol. The third kappa shape index (κ3) is 4.14. The van der Waals surface area contributed by atoms with E-state index in [-0.39, 0.29) is 11.8 Å². The van der Waals surface area contributed by atoms with E-state index in [1.54, 1.807) is 41.1 Å². The first-order chi connectivity index (χ1) is 14.6. The highest BCUT2D eigenvalue weighted by molar-refractivity contribution is 6.05. The van der Waals surface area contributed by atoms with Crippen molar-refractivity contribution in [1.82, 2.24) is 25.3 Å². The van der Waals surface area contributed by atoms with Gasteiger partial charge in [-0.1, -0.05) is 6.92 Å². The minimum atomic E-state index is -0.283. The predicted octanol–water partition coefficient (Wildman–Crippen LogP) is 2.38. The SMILES string of the molecule is CCc1c(C(=O)Nc2ccc(C(=O)NC3CC3)cc2)cnn1-c1ccc(OC)nn1. The number of benzene rings is 1. The third-order valence-electron chi connectivity index (χ3n) is 4.82. The maximum Gasteiger partial charge on any atom is 0.259 e. The van der Waals surface area contributed by atoms with Gasteiger partial charge in [0.25, 0.3) is 11.8 Å². The van der Waals surface area contributed by atoms with Gasteiger partial charge in [0, 0.05) is 23.4 Å². The van der Waals surface area contributed by atoms with Crippen LogP contribution in [0.4, 0.5) is 5.69 Å². The van der Waals surface area contributed by atoms with Crippen LogP contribution in [0.3, 0.4) is 0 Å². The highest BCUT2D eigenvalue weighted by Crippen LogP contribution is 2.20. The summed E-state index contributed by atoms with van der Waals surface area (Å²) in [6.07, 6.45) is 4.17. The number of carbonyl (C=O) groups excluding carboxylic acids is 2. The largest absolute Gasteiger partial charge is 0.480 e. The maximum absolute atomic E-state index is 12.8. The van der Waals surface area contributed by atoms with E-state index in [4.69, 9.17) is 4.74 Å². The zero-order valence-electron chi connectivity index (χ0n) is 16.8. The first-order valence-electron chi connectivity index (χ1n) is 9.76. The van der Waals surface area contributed by atoms with Gasteiger partial charge in [0.2, 0.25) is 5.88 Å². The van der Waals surface area contributed by atoms with E-state index in [0.717, 1.165) is 12.8 Å². The van der Waals surface area contributed by atoms with Crippen LogP contribution in [-0.4, -0.2) is 44.9 Å². The second-order valence-corrected chi connectivity index (χ2v) is 6.98. The molecular formula is C21H22N6O3. The molecule has 0 aliphatic heterocycles. The Kier molecular flexibility index (Phi) is 5.42. The molecule has 1 aliphatic rings. The van der Waals surface area contributed by atoms with Gasteiger partial charge in [-0.2, -0.15) is 5.10 Å². The predicted molar refractivity (Wildman–Crippen MR) is 110 cm³/mol. The molecule has 3 aromatic rings. The van der Waals surface area contributed by atoms with Crippen LogP contribution in [0.25, 0.3) is 5.82 Å². The molecule has 1 saturated carbocycles. The molecule has 0 bridgehead atoms. The molecule has 0 saturated heterocycles. The fourth-order valence-electron chi connectivity index (χ4n) is 3.04. The Morgan fingerprint density at radius 2 is 1.87 bits per heavy atom. The molecule has 1 aromatic carbocycles. The Morgan fingerprint density at radius 3 is 2.47 bits per heavy atom. The van der Waals surface area contributed by atoms with Gasteiger partial charge in [0.15, 0.2) is 5.82 Å². The number of methoxy groups -OCH3 is 1.